The third kappa shape index (κ3) is 2.54. The second kappa shape index (κ2) is 4.56. The van der Waals surface area contributed by atoms with Gasteiger partial charge in [-0.3, -0.25) is 0 Å². The summed E-state index contributed by atoms with van der Waals surface area (Å²) in [5.41, 5.74) is 2.14. The first-order chi connectivity index (χ1) is 7.70. The summed E-state index contributed by atoms with van der Waals surface area (Å²) in [6.07, 6.45) is 3.02. The summed E-state index contributed by atoms with van der Waals surface area (Å²) >= 11 is 0. The van der Waals surface area contributed by atoms with Gasteiger partial charge in [0.15, 0.2) is 0 Å². The van der Waals surface area contributed by atoms with Crippen molar-refractivity contribution in [3.63, 3.8) is 0 Å². The Morgan fingerprint density at radius 2 is 2.31 bits per heavy atom. The Morgan fingerprint density at radius 3 is 2.88 bits per heavy atom. The molecule has 2 N–H and O–H groups in total. The van der Waals surface area contributed by atoms with E-state index in [1.165, 1.54) is 5.56 Å². The van der Waals surface area contributed by atoms with Crippen LogP contribution in [0.5, 0.6) is 0 Å². The maximum atomic E-state index is 11.1. The average molecular weight is 219 g/mol. The number of carboxylic acid groups (broad SMARTS) is 1. The maximum absolute atomic E-state index is 11.1. The minimum Gasteiger partial charge on any atom is -0.480 e. The molecular weight excluding hydrogens is 202 g/mol. The van der Waals surface area contributed by atoms with Gasteiger partial charge in [-0.25, -0.2) is 4.79 Å². The molecule has 1 aliphatic rings. The van der Waals surface area contributed by atoms with Gasteiger partial charge in [0.2, 0.25) is 0 Å². The van der Waals surface area contributed by atoms with E-state index in [1.807, 2.05) is 18.2 Å². The summed E-state index contributed by atoms with van der Waals surface area (Å²) < 4.78 is 0. The smallest absolute Gasteiger partial charge is 0.326 e. The van der Waals surface area contributed by atoms with Crippen LogP contribution < -0.4 is 5.32 Å². The van der Waals surface area contributed by atoms with Crippen molar-refractivity contribution in [2.75, 3.05) is 5.32 Å². The lowest BCUT2D eigenvalue weighted by atomic mass is 10.1. The Bertz CT molecular complexity index is 385. The molecule has 1 unspecified atom stereocenters. The molecule has 86 valence electrons. The number of anilines is 1. The van der Waals surface area contributed by atoms with Gasteiger partial charge in [-0.1, -0.05) is 19.1 Å². The van der Waals surface area contributed by atoms with Gasteiger partial charge in [-0.05, 0) is 42.9 Å². The minimum atomic E-state index is -0.746. The normalized spacial score (nSPS) is 16.8. The fraction of sp³-hybridized carbons (Fsp3) is 0.462. The van der Waals surface area contributed by atoms with Crippen LogP contribution >= 0.6 is 0 Å². The van der Waals surface area contributed by atoms with Crippen molar-refractivity contribution >= 4 is 11.7 Å². The zero-order chi connectivity index (χ0) is 11.5. The highest BCUT2D eigenvalue weighted by molar-refractivity contribution is 5.78. The fourth-order valence-electron chi connectivity index (χ4n) is 1.87. The van der Waals surface area contributed by atoms with Crippen LogP contribution in [0.4, 0.5) is 5.69 Å². The predicted molar refractivity (Wildman–Crippen MR) is 63.6 cm³/mol. The fourth-order valence-corrected chi connectivity index (χ4v) is 1.87. The first-order valence-corrected chi connectivity index (χ1v) is 5.79. The van der Waals surface area contributed by atoms with E-state index in [4.69, 9.17) is 5.11 Å². The van der Waals surface area contributed by atoms with Crippen LogP contribution in [0.15, 0.2) is 24.3 Å². The van der Waals surface area contributed by atoms with Gasteiger partial charge in [-0.15, -0.1) is 0 Å². The molecule has 1 aromatic rings. The molecule has 0 bridgehead atoms. The summed E-state index contributed by atoms with van der Waals surface area (Å²) in [6, 6.07) is 7.55. The van der Waals surface area contributed by atoms with Crippen LogP contribution in [-0.4, -0.2) is 17.1 Å². The molecule has 0 radical (unpaired) electrons. The number of benzene rings is 1. The highest BCUT2D eigenvalue weighted by Gasteiger charge is 2.36. The van der Waals surface area contributed by atoms with Crippen molar-refractivity contribution in [3.8, 4) is 0 Å². The van der Waals surface area contributed by atoms with E-state index in [0.29, 0.717) is 5.92 Å². The highest BCUT2D eigenvalue weighted by Crippen LogP contribution is 2.34. The number of rotatable bonds is 5. The monoisotopic (exact) mass is 219 g/mol. The number of aryl methyl sites for hydroxylation is 1. The number of carboxylic acids is 1. The van der Waals surface area contributed by atoms with Crippen LogP contribution in [-0.2, 0) is 11.2 Å². The van der Waals surface area contributed by atoms with Gasteiger partial charge in [0.25, 0.3) is 0 Å². The topological polar surface area (TPSA) is 49.3 Å². The van der Waals surface area contributed by atoms with E-state index < -0.39 is 12.0 Å². The summed E-state index contributed by atoms with van der Waals surface area (Å²) in [7, 11) is 0. The van der Waals surface area contributed by atoms with Crippen LogP contribution in [0.1, 0.15) is 25.3 Å². The Balaban J connectivity index is 2.08. The third-order valence-electron chi connectivity index (χ3n) is 3.02. The highest BCUT2D eigenvalue weighted by atomic mass is 16.4. The predicted octanol–water partition coefficient (Wildman–Crippen LogP) is 2.52. The van der Waals surface area contributed by atoms with Gasteiger partial charge < -0.3 is 10.4 Å². The lowest BCUT2D eigenvalue weighted by Gasteiger charge is -2.15. The van der Waals surface area contributed by atoms with Crippen molar-refractivity contribution < 1.29 is 9.90 Å². The lowest BCUT2D eigenvalue weighted by molar-refractivity contribution is -0.138. The van der Waals surface area contributed by atoms with E-state index >= 15 is 0 Å². The number of hydrogen-bond donors (Lipinski definition) is 2. The minimum absolute atomic E-state index is 0.308. The Hall–Kier alpha value is -1.51. The molecule has 1 aromatic carbocycles. The Kier molecular flexibility index (Phi) is 3.13. The quantitative estimate of drug-likeness (QED) is 0.800. The van der Waals surface area contributed by atoms with Crippen molar-refractivity contribution in [1.82, 2.24) is 0 Å². The molecule has 16 heavy (non-hydrogen) atoms. The summed E-state index contributed by atoms with van der Waals surface area (Å²) in [6.45, 7) is 2.09. The van der Waals surface area contributed by atoms with Gasteiger partial charge >= 0.3 is 5.97 Å². The molecule has 3 nitrogen and oxygen atoms in total. The largest absolute Gasteiger partial charge is 0.480 e. The first-order valence-electron chi connectivity index (χ1n) is 5.79. The molecular formula is C13H17NO2. The Morgan fingerprint density at radius 1 is 1.56 bits per heavy atom. The average Bonchev–Trinajstić information content (AvgIpc) is 3.10. The second-order valence-electron chi connectivity index (χ2n) is 4.35. The SMILES string of the molecule is CCc1cccc(NC(C(=O)O)C2CC2)c1. The number of nitrogens with one attached hydrogen (secondary N) is 1. The third-order valence-corrected chi connectivity index (χ3v) is 3.02. The van der Waals surface area contributed by atoms with E-state index in [1.54, 1.807) is 0 Å². The Labute approximate surface area is 95.5 Å². The van der Waals surface area contributed by atoms with Crippen LogP contribution in [0, 0.1) is 5.92 Å². The van der Waals surface area contributed by atoms with Gasteiger partial charge in [0, 0.05) is 5.69 Å². The number of hydrogen-bond acceptors (Lipinski definition) is 2. The molecule has 1 fully saturated rings. The summed E-state index contributed by atoms with van der Waals surface area (Å²) in [4.78, 5) is 11.1. The maximum Gasteiger partial charge on any atom is 0.326 e. The molecule has 2 rings (SSSR count). The first kappa shape index (κ1) is 11.0. The molecule has 0 aromatic heterocycles. The summed E-state index contributed by atoms with van der Waals surface area (Å²) in [5.74, 6) is -0.438. The zero-order valence-corrected chi connectivity index (χ0v) is 9.44. The van der Waals surface area contributed by atoms with Crippen molar-refractivity contribution in [1.29, 1.82) is 0 Å². The van der Waals surface area contributed by atoms with Crippen molar-refractivity contribution in [2.24, 2.45) is 5.92 Å². The van der Waals surface area contributed by atoms with E-state index in [9.17, 15) is 4.79 Å². The van der Waals surface area contributed by atoms with Crippen LogP contribution in [0.3, 0.4) is 0 Å². The number of aliphatic carboxylic acids is 1. The van der Waals surface area contributed by atoms with E-state index in [2.05, 4.69) is 18.3 Å². The van der Waals surface area contributed by atoms with Gasteiger partial charge in [0.05, 0.1) is 0 Å². The summed E-state index contributed by atoms with van der Waals surface area (Å²) in [5, 5.41) is 12.2. The van der Waals surface area contributed by atoms with Crippen LogP contribution in [0.25, 0.3) is 0 Å². The molecule has 0 spiro atoms. The van der Waals surface area contributed by atoms with Gasteiger partial charge in [0.1, 0.15) is 6.04 Å². The van der Waals surface area contributed by atoms with Gasteiger partial charge in [-0.2, -0.15) is 0 Å². The standard InChI is InChI=1S/C13H17NO2/c1-2-9-4-3-5-11(8-9)14-12(13(15)16)10-6-7-10/h3-5,8,10,12,14H,2,6-7H2,1H3,(H,15,16). The molecule has 1 aliphatic carbocycles. The molecule has 0 amide bonds. The van der Waals surface area contributed by atoms with Crippen LogP contribution in [0.2, 0.25) is 0 Å². The molecule has 0 aliphatic heterocycles. The molecule has 1 saturated carbocycles. The molecule has 0 saturated heterocycles. The van der Waals surface area contributed by atoms with Crippen molar-refractivity contribution in [3.05, 3.63) is 29.8 Å². The molecule has 1 atom stereocenters. The lowest BCUT2D eigenvalue weighted by Crippen LogP contribution is -2.31. The second-order valence-corrected chi connectivity index (χ2v) is 4.35. The van der Waals surface area contributed by atoms with E-state index in [0.717, 1.165) is 24.9 Å². The van der Waals surface area contributed by atoms with Crippen molar-refractivity contribution in [2.45, 2.75) is 32.2 Å². The number of carbonyl (C=O) groups is 1. The van der Waals surface area contributed by atoms with E-state index in [-0.39, 0.29) is 0 Å². The molecule has 0 heterocycles. The zero-order valence-electron chi connectivity index (χ0n) is 9.44. The molecule has 3 heteroatoms.